The molecule has 0 saturated carbocycles. The van der Waals surface area contributed by atoms with Gasteiger partial charge in [0.2, 0.25) is 5.91 Å². The van der Waals surface area contributed by atoms with Crippen LogP contribution < -0.4 is 9.96 Å². The van der Waals surface area contributed by atoms with Gasteiger partial charge in [0.25, 0.3) is 5.91 Å². The molecular weight excluding hydrogens is 392 g/mol. The molecule has 3 heterocycles. The lowest BCUT2D eigenvalue weighted by atomic mass is 9.94. The van der Waals surface area contributed by atoms with Crippen LogP contribution in [0.15, 0.2) is 71.3 Å². The highest BCUT2D eigenvalue weighted by molar-refractivity contribution is 6.31. The molecule has 0 bridgehead atoms. The molecule has 2 aromatic carbocycles. The van der Waals surface area contributed by atoms with Crippen LogP contribution in [0.3, 0.4) is 0 Å². The Morgan fingerprint density at radius 2 is 1.69 bits per heavy atom. The van der Waals surface area contributed by atoms with Gasteiger partial charge in [-0.05, 0) is 55.0 Å². The second-order valence-electron chi connectivity index (χ2n) is 7.11. The molecule has 6 nitrogen and oxygen atoms in total. The van der Waals surface area contributed by atoms with E-state index in [0.29, 0.717) is 16.5 Å². The molecule has 2 aliphatic rings. The highest BCUT2D eigenvalue weighted by Gasteiger charge is 2.61. The predicted octanol–water partition coefficient (Wildman–Crippen LogP) is 4.29. The van der Waals surface area contributed by atoms with Gasteiger partial charge in [-0.15, -0.1) is 0 Å². The molecular formula is C22H17ClN2O4. The SMILES string of the molecule is Cc1ccccc1N1O[C@@H]2C(=O)N(c3ccc(Cl)cc3)C(=O)[C@H]2[C@H]1c1ccco1. The smallest absolute Gasteiger partial charge is 0.266 e. The minimum atomic E-state index is -0.923. The van der Waals surface area contributed by atoms with Crippen LogP contribution in [0.5, 0.6) is 0 Å². The minimum absolute atomic E-state index is 0.320. The lowest BCUT2D eigenvalue weighted by Crippen LogP contribution is -2.37. The van der Waals surface area contributed by atoms with E-state index in [2.05, 4.69) is 0 Å². The van der Waals surface area contributed by atoms with Crippen molar-refractivity contribution < 1.29 is 18.8 Å². The second-order valence-corrected chi connectivity index (χ2v) is 7.55. The highest BCUT2D eigenvalue weighted by atomic mass is 35.5. The number of imide groups is 1. The van der Waals surface area contributed by atoms with Crippen molar-refractivity contribution in [3.05, 3.63) is 83.3 Å². The average Bonchev–Trinajstić information content (AvgIpc) is 3.41. The number of hydrogen-bond acceptors (Lipinski definition) is 5. The lowest BCUT2D eigenvalue weighted by Gasteiger charge is -2.28. The largest absolute Gasteiger partial charge is 0.467 e. The van der Waals surface area contributed by atoms with Gasteiger partial charge >= 0.3 is 0 Å². The molecule has 7 heteroatoms. The summed E-state index contributed by atoms with van der Waals surface area (Å²) < 4.78 is 5.64. The molecule has 3 atom stereocenters. The summed E-state index contributed by atoms with van der Waals surface area (Å²) in [6.07, 6.45) is 0.629. The second kappa shape index (κ2) is 6.76. The van der Waals surface area contributed by atoms with Crippen molar-refractivity contribution in [2.24, 2.45) is 5.92 Å². The van der Waals surface area contributed by atoms with Crippen LogP contribution in [-0.2, 0) is 14.4 Å². The number of benzene rings is 2. The zero-order valence-electron chi connectivity index (χ0n) is 15.5. The topological polar surface area (TPSA) is 63.0 Å². The van der Waals surface area contributed by atoms with Crippen molar-refractivity contribution in [1.29, 1.82) is 0 Å². The summed E-state index contributed by atoms with van der Waals surface area (Å²) in [5.41, 5.74) is 2.24. The maximum Gasteiger partial charge on any atom is 0.266 e. The first-order valence-corrected chi connectivity index (χ1v) is 9.62. The van der Waals surface area contributed by atoms with Crippen molar-refractivity contribution in [2.45, 2.75) is 19.1 Å². The molecule has 146 valence electrons. The molecule has 1 aromatic heterocycles. The van der Waals surface area contributed by atoms with Gasteiger partial charge < -0.3 is 4.42 Å². The average molecular weight is 409 g/mol. The van der Waals surface area contributed by atoms with Gasteiger partial charge in [0.15, 0.2) is 6.10 Å². The van der Waals surface area contributed by atoms with E-state index >= 15 is 0 Å². The number of anilines is 2. The Bertz CT molecular complexity index is 1080. The summed E-state index contributed by atoms with van der Waals surface area (Å²) >= 11 is 5.95. The zero-order chi connectivity index (χ0) is 20.1. The maximum absolute atomic E-state index is 13.4. The summed E-state index contributed by atoms with van der Waals surface area (Å²) in [6, 6.07) is 17.3. The van der Waals surface area contributed by atoms with Crippen LogP contribution in [0, 0.1) is 12.8 Å². The number of para-hydroxylation sites is 1. The molecule has 0 radical (unpaired) electrons. The van der Waals surface area contributed by atoms with Gasteiger partial charge in [0.1, 0.15) is 17.7 Å². The summed E-state index contributed by atoms with van der Waals surface area (Å²) in [5.74, 6) is -0.862. The summed E-state index contributed by atoms with van der Waals surface area (Å²) in [4.78, 5) is 33.8. The van der Waals surface area contributed by atoms with Crippen molar-refractivity contribution in [1.82, 2.24) is 0 Å². The highest BCUT2D eigenvalue weighted by Crippen LogP contribution is 2.48. The number of halogens is 1. The molecule has 2 aliphatic heterocycles. The fourth-order valence-corrected chi connectivity index (χ4v) is 4.15. The summed E-state index contributed by atoms with van der Waals surface area (Å²) in [5, 5.41) is 2.17. The van der Waals surface area contributed by atoms with Gasteiger partial charge in [-0.3, -0.25) is 14.4 Å². The Balaban J connectivity index is 1.58. The normalized spacial score (nSPS) is 23.7. The van der Waals surface area contributed by atoms with Gasteiger partial charge in [0.05, 0.1) is 17.6 Å². The number of amides is 2. The number of furan rings is 1. The summed E-state index contributed by atoms with van der Waals surface area (Å²) in [6.45, 7) is 1.95. The Morgan fingerprint density at radius 1 is 0.931 bits per heavy atom. The number of aryl methyl sites for hydroxylation is 1. The Kier molecular flexibility index (Phi) is 4.19. The van der Waals surface area contributed by atoms with Gasteiger partial charge in [0, 0.05) is 5.02 Å². The van der Waals surface area contributed by atoms with Gasteiger partial charge in [-0.2, -0.15) is 0 Å². The molecule has 2 fully saturated rings. The maximum atomic E-state index is 13.4. The van der Waals surface area contributed by atoms with E-state index < -0.39 is 24.0 Å². The first kappa shape index (κ1) is 18.0. The standard InChI is InChI=1S/C22H17ClN2O4/c1-13-5-2-3-6-16(13)25-19(17-7-4-12-28-17)18-20(29-25)22(27)24(21(18)26)15-10-8-14(23)9-11-15/h2-12,18-20H,1H3/t18-,19+,20-/m0/s1. The van der Waals surface area contributed by atoms with Crippen LogP contribution in [0.2, 0.25) is 5.02 Å². The predicted molar refractivity (Wildman–Crippen MR) is 107 cm³/mol. The van der Waals surface area contributed by atoms with Gasteiger partial charge in [-0.1, -0.05) is 29.8 Å². The third-order valence-electron chi connectivity index (χ3n) is 5.39. The number of hydroxylamine groups is 1. The zero-order valence-corrected chi connectivity index (χ0v) is 16.2. The first-order chi connectivity index (χ1) is 14.1. The van der Waals surface area contributed by atoms with E-state index in [1.165, 1.54) is 4.90 Å². The third kappa shape index (κ3) is 2.75. The van der Waals surface area contributed by atoms with E-state index in [0.717, 1.165) is 11.3 Å². The summed E-state index contributed by atoms with van der Waals surface area (Å²) in [7, 11) is 0. The Labute approximate surface area is 172 Å². The number of fused-ring (bicyclic) bond motifs is 1. The van der Waals surface area contributed by atoms with Crippen molar-refractivity contribution >= 4 is 34.8 Å². The monoisotopic (exact) mass is 408 g/mol. The molecule has 2 amide bonds. The van der Waals surface area contributed by atoms with E-state index in [9.17, 15) is 9.59 Å². The quantitative estimate of drug-likeness (QED) is 0.605. The molecule has 29 heavy (non-hydrogen) atoms. The van der Waals surface area contributed by atoms with Crippen molar-refractivity contribution in [3.8, 4) is 0 Å². The van der Waals surface area contributed by atoms with Crippen molar-refractivity contribution in [2.75, 3.05) is 9.96 Å². The van der Waals surface area contributed by atoms with Gasteiger partial charge in [-0.25, -0.2) is 9.96 Å². The fourth-order valence-electron chi connectivity index (χ4n) is 4.03. The Morgan fingerprint density at radius 3 is 2.38 bits per heavy atom. The number of rotatable bonds is 3. The molecule has 0 unspecified atom stereocenters. The fraction of sp³-hybridized carbons (Fsp3) is 0.182. The van der Waals surface area contributed by atoms with Crippen LogP contribution in [0.25, 0.3) is 0 Å². The van der Waals surface area contributed by atoms with E-state index in [4.69, 9.17) is 20.9 Å². The molecule has 5 rings (SSSR count). The van der Waals surface area contributed by atoms with Crippen LogP contribution in [0.1, 0.15) is 17.4 Å². The van der Waals surface area contributed by atoms with E-state index in [1.54, 1.807) is 47.7 Å². The third-order valence-corrected chi connectivity index (χ3v) is 5.64. The number of carbonyl (C=O) groups is 2. The van der Waals surface area contributed by atoms with Crippen LogP contribution in [0.4, 0.5) is 11.4 Å². The van der Waals surface area contributed by atoms with E-state index in [-0.39, 0.29) is 5.91 Å². The molecule has 0 N–H and O–H groups in total. The lowest BCUT2D eigenvalue weighted by molar-refractivity contribution is -0.126. The first-order valence-electron chi connectivity index (χ1n) is 9.24. The van der Waals surface area contributed by atoms with Crippen molar-refractivity contribution in [3.63, 3.8) is 0 Å². The molecule has 3 aromatic rings. The Hall–Kier alpha value is -3.09. The minimum Gasteiger partial charge on any atom is -0.467 e. The molecule has 0 aliphatic carbocycles. The van der Waals surface area contributed by atoms with Crippen LogP contribution >= 0.6 is 11.6 Å². The number of hydrogen-bond donors (Lipinski definition) is 0. The van der Waals surface area contributed by atoms with E-state index in [1.807, 2.05) is 31.2 Å². The molecule has 0 spiro atoms. The molecule has 2 saturated heterocycles. The number of nitrogens with zero attached hydrogens (tertiary/aromatic N) is 2. The number of carbonyl (C=O) groups excluding carboxylic acids is 2. The van der Waals surface area contributed by atoms with Crippen LogP contribution in [-0.4, -0.2) is 17.9 Å².